The SMILES string of the molecule is CN(CCOCCOCCOCCOCC(=CN)NN)C(=O)CCCC(=O)P. The lowest BCUT2D eigenvalue weighted by molar-refractivity contribution is -0.130. The molecular formula is C17H35N4O6P. The molecule has 0 saturated carbocycles. The molecule has 10 nitrogen and oxygen atoms in total. The summed E-state index contributed by atoms with van der Waals surface area (Å²) >= 11 is 0. The average molecular weight is 422 g/mol. The van der Waals surface area contributed by atoms with Gasteiger partial charge in [-0.25, -0.2) is 0 Å². The molecular weight excluding hydrogens is 387 g/mol. The predicted octanol–water partition coefficient (Wildman–Crippen LogP) is -0.653. The molecule has 1 amide bonds. The van der Waals surface area contributed by atoms with Gasteiger partial charge in [0.15, 0.2) is 0 Å². The van der Waals surface area contributed by atoms with Crippen molar-refractivity contribution in [3.63, 3.8) is 0 Å². The van der Waals surface area contributed by atoms with Crippen LogP contribution in [0.4, 0.5) is 0 Å². The van der Waals surface area contributed by atoms with Gasteiger partial charge in [0, 0.05) is 32.6 Å². The number of carbonyl (C=O) groups is 2. The molecule has 0 aliphatic heterocycles. The standard InChI is InChI=1S/C17H35N4O6P/c1-21(16(22)3-2-4-17(23)28)5-6-24-7-8-25-9-10-26-11-12-27-14-15(13-18)20-19/h13,20H,2-12,14,18-19,28H2,1H3. The minimum atomic E-state index is 0.0155. The van der Waals surface area contributed by atoms with Crippen LogP contribution >= 0.6 is 9.24 Å². The Bertz CT molecular complexity index is 453. The van der Waals surface area contributed by atoms with E-state index in [1.165, 1.54) is 6.20 Å². The molecule has 0 spiro atoms. The van der Waals surface area contributed by atoms with E-state index in [-0.39, 0.29) is 11.4 Å². The molecule has 0 aromatic heterocycles. The van der Waals surface area contributed by atoms with Crippen molar-refractivity contribution in [1.82, 2.24) is 10.3 Å². The van der Waals surface area contributed by atoms with Crippen LogP contribution < -0.4 is 17.0 Å². The fourth-order valence-electron chi connectivity index (χ4n) is 1.91. The highest BCUT2D eigenvalue weighted by molar-refractivity contribution is 7.40. The summed E-state index contributed by atoms with van der Waals surface area (Å²) in [5.74, 6) is 5.23. The van der Waals surface area contributed by atoms with Gasteiger partial charge in [-0.15, -0.1) is 0 Å². The second-order valence-corrected chi connectivity index (χ2v) is 6.51. The topological polar surface area (TPSA) is 138 Å². The molecule has 0 saturated heterocycles. The van der Waals surface area contributed by atoms with Gasteiger partial charge in [0.1, 0.15) is 5.52 Å². The average Bonchev–Trinajstić information content (AvgIpc) is 2.67. The lowest BCUT2D eigenvalue weighted by atomic mass is 10.2. The van der Waals surface area contributed by atoms with Crippen molar-refractivity contribution in [2.75, 3.05) is 66.4 Å². The number of nitrogens with two attached hydrogens (primary N) is 2. The summed E-state index contributed by atoms with van der Waals surface area (Å²) in [5.41, 5.74) is 8.36. The zero-order chi connectivity index (χ0) is 21.0. The molecule has 0 aliphatic rings. The Hall–Kier alpha value is -1.29. The van der Waals surface area contributed by atoms with Gasteiger partial charge in [0.25, 0.3) is 0 Å². The van der Waals surface area contributed by atoms with Gasteiger partial charge in [-0.2, -0.15) is 0 Å². The van der Waals surface area contributed by atoms with E-state index in [1.807, 2.05) is 0 Å². The minimum absolute atomic E-state index is 0.0155. The fourth-order valence-corrected chi connectivity index (χ4v) is 2.11. The van der Waals surface area contributed by atoms with Crippen molar-refractivity contribution in [2.45, 2.75) is 19.3 Å². The molecule has 0 radical (unpaired) electrons. The number of hydrazine groups is 1. The van der Waals surface area contributed by atoms with Crippen LogP contribution in [-0.2, 0) is 28.5 Å². The third-order valence-corrected chi connectivity index (χ3v) is 3.86. The number of ether oxygens (including phenoxy) is 4. The summed E-state index contributed by atoms with van der Waals surface area (Å²) in [4.78, 5) is 24.2. The molecule has 0 rings (SSSR count). The molecule has 0 fully saturated rings. The van der Waals surface area contributed by atoms with Gasteiger partial charge >= 0.3 is 0 Å². The highest BCUT2D eigenvalue weighted by Gasteiger charge is 2.08. The van der Waals surface area contributed by atoms with Gasteiger partial charge in [0.2, 0.25) is 5.91 Å². The van der Waals surface area contributed by atoms with Crippen molar-refractivity contribution in [3.05, 3.63) is 11.9 Å². The Kier molecular flexibility index (Phi) is 18.2. The second kappa shape index (κ2) is 19.0. The van der Waals surface area contributed by atoms with E-state index >= 15 is 0 Å². The predicted molar refractivity (Wildman–Crippen MR) is 109 cm³/mol. The van der Waals surface area contributed by atoms with E-state index in [0.29, 0.717) is 84.4 Å². The quantitative estimate of drug-likeness (QED) is 0.107. The number of rotatable bonds is 19. The van der Waals surface area contributed by atoms with Crippen molar-refractivity contribution in [1.29, 1.82) is 0 Å². The minimum Gasteiger partial charge on any atom is -0.403 e. The number of nitrogens with zero attached hydrogens (tertiary/aromatic N) is 1. The summed E-state index contributed by atoms with van der Waals surface area (Å²) < 4.78 is 21.5. The molecule has 28 heavy (non-hydrogen) atoms. The normalized spacial score (nSPS) is 11.5. The van der Waals surface area contributed by atoms with Crippen LogP contribution in [0.5, 0.6) is 0 Å². The molecule has 11 heteroatoms. The highest BCUT2D eigenvalue weighted by Crippen LogP contribution is 2.03. The Morgan fingerprint density at radius 2 is 1.50 bits per heavy atom. The van der Waals surface area contributed by atoms with Crippen LogP contribution in [-0.4, -0.2) is 82.8 Å². The Balaban J connectivity index is 3.35. The van der Waals surface area contributed by atoms with Crippen molar-refractivity contribution in [3.8, 4) is 0 Å². The zero-order valence-electron chi connectivity index (χ0n) is 16.7. The number of likely N-dealkylation sites (N-methyl/N-ethyl adjacent to an activating group) is 1. The number of nitrogens with one attached hydrogen (secondary N) is 1. The maximum absolute atomic E-state index is 11.8. The number of carbonyl (C=O) groups excluding carboxylic acids is 2. The molecule has 164 valence electrons. The smallest absolute Gasteiger partial charge is 0.222 e. The Labute approximate surface area is 169 Å². The largest absolute Gasteiger partial charge is 0.403 e. The lowest BCUT2D eigenvalue weighted by Crippen LogP contribution is -2.30. The molecule has 0 bridgehead atoms. The van der Waals surface area contributed by atoms with Crippen LogP contribution in [0.1, 0.15) is 19.3 Å². The zero-order valence-corrected chi connectivity index (χ0v) is 17.8. The lowest BCUT2D eigenvalue weighted by Gasteiger charge is -2.17. The number of amides is 1. The van der Waals surface area contributed by atoms with Gasteiger partial charge in [-0.05, 0) is 6.42 Å². The first kappa shape index (κ1) is 26.7. The third-order valence-electron chi connectivity index (χ3n) is 3.57. The first-order valence-electron chi connectivity index (χ1n) is 9.21. The molecule has 0 heterocycles. The molecule has 0 aliphatic carbocycles. The summed E-state index contributed by atoms with van der Waals surface area (Å²) in [6.07, 6.45) is 2.71. The maximum atomic E-state index is 11.8. The molecule has 5 N–H and O–H groups in total. The summed E-state index contributed by atoms with van der Waals surface area (Å²) in [5, 5.41) is 0. The van der Waals surface area contributed by atoms with Crippen LogP contribution in [0.3, 0.4) is 0 Å². The van der Waals surface area contributed by atoms with Crippen molar-refractivity contribution in [2.24, 2.45) is 11.6 Å². The van der Waals surface area contributed by atoms with Crippen LogP contribution in [0, 0.1) is 0 Å². The summed E-state index contributed by atoms with van der Waals surface area (Å²) in [6, 6.07) is 0. The van der Waals surface area contributed by atoms with E-state index in [1.54, 1.807) is 11.9 Å². The van der Waals surface area contributed by atoms with Crippen molar-refractivity contribution < 1.29 is 28.5 Å². The highest BCUT2D eigenvalue weighted by atomic mass is 31.0. The molecule has 0 aromatic carbocycles. The van der Waals surface area contributed by atoms with Crippen LogP contribution in [0.15, 0.2) is 11.9 Å². The van der Waals surface area contributed by atoms with E-state index in [9.17, 15) is 9.59 Å². The van der Waals surface area contributed by atoms with E-state index in [4.69, 9.17) is 30.5 Å². The van der Waals surface area contributed by atoms with Crippen molar-refractivity contribution >= 4 is 20.7 Å². The summed E-state index contributed by atoms with van der Waals surface area (Å²) in [6.45, 7) is 3.99. The first-order valence-corrected chi connectivity index (χ1v) is 9.79. The Morgan fingerprint density at radius 1 is 0.964 bits per heavy atom. The van der Waals surface area contributed by atoms with Gasteiger partial charge in [0.05, 0.1) is 58.6 Å². The van der Waals surface area contributed by atoms with Gasteiger partial charge in [-0.3, -0.25) is 15.4 Å². The Morgan fingerprint density at radius 3 is 2.00 bits per heavy atom. The van der Waals surface area contributed by atoms with Gasteiger partial charge < -0.3 is 35.0 Å². The van der Waals surface area contributed by atoms with E-state index in [2.05, 4.69) is 14.7 Å². The second-order valence-electron chi connectivity index (χ2n) is 5.86. The van der Waals surface area contributed by atoms with Crippen LogP contribution in [0.2, 0.25) is 0 Å². The summed E-state index contributed by atoms with van der Waals surface area (Å²) in [7, 11) is 3.84. The fraction of sp³-hybridized carbons (Fsp3) is 0.765. The van der Waals surface area contributed by atoms with E-state index in [0.717, 1.165) is 0 Å². The van der Waals surface area contributed by atoms with Crippen LogP contribution in [0.25, 0.3) is 0 Å². The number of hydrogen-bond acceptors (Lipinski definition) is 9. The maximum Gasteiger partial charge on any atom is 0.222 e. The monoisotopic (exact) mass is 422 g/mol. The molecule has 1 atom stereocenters. The third kappa shape index (κ3) is 16.9. The van der Waals surface area contributed by atoms with E-state index < -0.39 is 0 Å². The van der Waals surface area contributed by atoms with Gasteiger partial charge in [-0.1, -0.05) is 9.24 Å². The first-order chi connectivity index (χ1) is 13.5. The molecule has 1 unspecified atom stereocenters. The molecule has 0 aromatic rings. The number of hydrogen-bond donors (Lipinski definition) is 3.